The second-order valence-electron chi connectivity index (χ2n) is 6.65. The summed E-state index contributed by atoms with van der Waals surface area (Å²) in [4.78, 5) is 0. The monoisotopic (exact) mass is 249 g/mol. The van der Waals surface area contributed by atoms with Crippen molar-refractivity contribution in [2.45, 2.75) is 65.5 Å². The van der Waals surface area contributed by atoms with Gasteiger partial charge in [-0.15, -0.1) is 0 Å². The number of aromatic nitrogens is 2. The third-order valence-electron chi connectivity index (χ3n) is 4.43. The van der Waals surface area contributed by atoms with Crippen LogP contribution in [-0.4, -0.2) is 15.8 Å². The number of hydrogen-bond donors (Lipinski definition) is 1. The molecule has 1 fully saturated rings. The van der Waals surface area contributed by atoms with Crippen LogP contribution in [0.5, 0.6) is 0 Å². The van der Waals surface area contributed by atoms with Crippen molar-refractivity contribution in [2.24, 2.45) is 12.5 Å². The molecule has 102 valence electrons. The molecule has 1 heterocycles. The van der Waals surface area contributed by atoms with Crippen LogP contribution in [0.4, 0.5) is 0 Å². The Morgan fingerprint density at radius 3 is 2.78 bits per heavy atom. The van der Waals surface area contributed by atoms with Crippen molar-refractivity contribution in [2.75, 3.05) is 0 Å². The Hall–Kier alpha value is -0.830. The maximum atomic E-state index is 4.34. The molecule has 1 N–H and O–H groups in total. The number of nitrogens with zero attached hydrogens (tertiary/aromatic N) is 2. The quantitative estimate of drug-likeness (QED) is 0.890. The zero-order valence-electron chi connectivity index (χ0n) is 12.5. The zero-order chi connectivity index (χ0) is 13.3. The molecule has 1 aliphatic rings. The van der Waals surface area contributed by atoms with E-state index < -0.39 is 0 Å². The lowest BCUT2D eigenvalue weighted by atomic mass is 9.75. The van der Waals surface area contributed by atoms with E-state index in [1.807, 2.05) is 17.9 Å². The van der Waals surface area contributed by atoms with Gasteiger partial charge in [0.2, 0.25) is 0 Å². The van der Waals surface area contributed by atoms with Crippen molar-refractivity contribution >= 4 is 0 Å². The number of aryl methyl sites for hydroxylation is 1. The molecule has 0 aliphatic heterocycles. The second kappa shape index (κ2) is 5.04. The van der Waals surface area contributed by atoms with Crippen molar-refractivity contribution in [3.63, 3.8) is 0 Å². The van der Waals surface area contributed by atoms with E-state index >= 15 is 0 Å². The Morgan fingerprint density at radius 1 is 1.50 bits per heavy atom. The summed E-state index contributed by atoms with van der Waals surface area (Å²) in [5.74, 6) is 0. The standard InChI is InChI=1S/C15H27N3/c1-11(14-10-16-18(5)12(14)2)17-13-7-6-8-15(3,4)9-13/h10-11,13,17H,6-9H2,1-5H3. The van der Waals surface area contributed by atoms with Crippen LogP contribution in [0.3, 0.4) is 0 Å². The Morgan fingerprint density at radius 2 is 2.22 bits per heavy atom. The summed E-state index contributed by atoms with van der Waals surface area (Å²) in [7, 11) is 2.01. The summed E-state index contributed by atoms with van der Waals surface area (Å²) in [6.45, 7) is 9.18. The summed E-state index contributed by atoms with van der Waals surface area (Å²) >= 11 is 0. The minimum atomic E-state index is 0.401. The third kappa shape index (κ3) is 2.94. The predicted molar refractivity (Wildman–Crippen MR) is 75.5 cm³/mol. The molecule has 18 heavy (non-hydrogen) atoms. The predicted octanol–water partition coefficient (Wildman–Crippen LogP) is 3.35. The van der Waals surface area contributed by atoms with Crippen LogP contribution in [-0.2, 0) is 7.05 Å². The van der Waals surface area contributed by atoms with E-state index in [9.17, 15) is 0 Å². The molecule has 2 atom stereocenters. The van der Waals surface area contributed by atoms with Crippen LogP contribution in [0.2, 0.25) is 0 Å². The van der Waals surface area contributed by atoms with Gasteiger partial charge in [0.05, 0.1) is 6.20 Å². The van der Waals surface area contributed by atoms with Crippen LogP contribution in [0.15, 0.2) is 6.20 Å². The minimum absolute atomic E-state index is 0.401. The molecule has 1 saturated carbocycles. The molecular formula is C15H27N3. The van der Waals surface area contributed by atoms with Gasteiger partial charge in [-0.1, -0.05) is 20.3 Å². The van der Waals surface area contributed by atoms with E-state index in [2.05, 4.69) is 38.1 Å². The van der Waals surface area contributed by atoms with E-state index in [-0.39, 0.29) is 0 Å². The SMILES string of the molecule is Cc1c(C(C)NC2CCCC(C)(C)C2)cnn1C. The molecule has 3 nitrogen and oxygen atoms in total. The average Bonchev–Trinajstić information content (AvgIpc) is 2.58. The first-order valence-corrected chi connectivity index (χ1v) is 7.13. The highest BCUT2D eigenvalue weighted by Gasteiger charge is 2.29. The third-order valence-corrected chi connectivity index (χ3v) is 4.43. The van der Waals surface area contributed by atoms with Crippen molar-refractivity contribution in [3.8, 4) is 0 Å². The molecular weight excluding hydrogens is 222 g/mol. The summed E-state index contributed by atoms with van der Waals surface area (Å²) < 4.78 is 1.96. The van der Waals surface area contributed by atoms with Gasteiger partial charge in [-0.05, 0) is 38.5 Å². The molecule has 2 rings (SSSR count). The molecule has 3 heteroatoms. The highest BCUT2D eigenvalue weighted by atomic mass is 15.3. The van der Waals surface area contributed by atoms with Crippen molar-refractivity contribution in [1.29, 1.82) is 0 Å². The first-order chi connectivity index (χ1) is 8.39. The van der Waals surface area contributed by atoms with E-state index in [1.54, 1.807) is 0 Å². The van der Waals surface area contributed by atoms with Gasteiger partial charge in [0.25, 0.3) is 0 Å². The minimum Gasteiger partial charge on any atom is -0.307 e. The van der Waals surface area contributed by atoms with Gasteiger partial charge in [0.15, 0.2) is 0 Å². The maximum Gasteiger partial charge on any atom is 0.0540 e. The highest BCUT2D eigenvalue weighted by molar-refractivity contribution is 5.19. The molecule has 2 unspecified atom stereocenters. The Bertz CT molecular complexity index is 406. The average molecular weight is 249 g/mol. The van der Waals surface area contributed by atoms with E-state index in [0.29, 0.717) is 17.5 Å². The van der Waals surface area contributed by atoms with E-state index in [1.165, 1.54) is 36.9 Å². The largest absolute Gasteiger partial charge is 0.307 e. The van der Waals surface area contributed by atoms with E-state index in [0.717, 1.165) is 0 Å². The number of rotatable bonds is 3. The Labute approximate surface area is 111 Å². The Kier molecular flexibility index (Phi) is 3.81. The molecule has 0 saturated heterocycles. The van der Waals surface area contributed by atoms with Crippen LogP contribution >= 0.6 is 0 Å². The van der Waals surface area contributed by atoms with Crippen molar-refractivity contribution in [3.05, 3.63) is 17.5 Å². The van der Waals surface area contributed by atoms with Crippen LogP contribution in [0.25, 0.3) is 0 Å². The lowest BCUT2D eigenvalue weighted by Crippen LogP contribution is -2.38. The van der Waals surface area contributed by atoms with Crippen LogP contribution < -0.4 is 5.32 Å². The highest BCUT2D eigenvalue weighted by Crippen LogP contribution is 2.36. The molecule has 0 amide bonds. The molecule has 0 radical (unpaired) electrons. The summed E-state index contributed by atoms with van der Waals surface area (Å²) in [5, 5.41) is 8.13. The molecule has 0 bridgehead atoms. The lowest BCUT2D eigenvalue weighted by Gasteiger charge is -2.37. The fourth-order valence-corrected chi connectivity index (χ4v) is 3.22. The summed E-state index contributed by atoms with van der Waals surface area (Å²) in [5.41, 5.74) is 3.10. The smallest absolute Gasteiger partial charge is 0.0540 e. The van der Waals surface area contributed by atoms with E-state index in [4.69, 9.17) is 0 Å². The molecule has 1 aromatic rings. The van der Waals surface area contributed by atoms with Crippen molar-refractivity contribution in [1.82, 2.24) is 15.1 Å². The normalized spacial score (nSPS) is 25.1. The number of hydrogen-bond acceptors (Lipinski definition) is 2. The maximum absolute atomic E-state index is 4.34. The Balaban J connectivity index is 1.99. The number of nitrogens with one attached hydrogen (secondary N) is 1. The van der Waals surface area contributed by atoms with Crippen molar-refractivity contribution < 1.29 is 0 Å². The van der Waals surface area contributed by atoms with Gasteiger partial charge in [-0.3, -0.25) is 4.68 Å². The molecule has 0 spiro atoms. The van der Waals surface area contributed by atoms with Crippen LogP contribution in [0, 0.1) is 12.3 Å². The zero-order valence-corrected chi connectivity index (χ0v) is 12.5. The van der Waals surface area contributed by atoms with Gasteiger partial charge < -0.3 is 5.32 Å². The van der Waals surface area contributed by atoms with Gasteiger partial charge in [-0.2, -0.15) is 5.10 Å². The van der Waals surface area contributed by atoms with Gasteiger partial charge in [-0.25, -0.2) is 0 Å². The van der Waals surface area contributed by atoms with Gasteiger partial charge in [0.1, 0.15) is 0 Å². The fraction of sp³-hybridized carbons (Fsp3) is 0.800. The molecule has 1 aliphatic carbocycles. The summed E-state index contributed by atoms with van der Waals surface area (Å²) in [6.07, 6.45) is 7.32. The topological polar surface area (TPSA) is 29.9 Å². The van der Waals surface area contributed by atoms with Gasteiger partial charge in [0, 0.05) is 30.4 Å². The summed E-state index contributed by atoms with van der Waals surface area (Å²) in [6, 6.07) is 1.06. The first-order valence-electron chi connectivity index (χ1n) is 7.13. The molecule has 1 aromatic heterocycles. The molecule has 0 aromatic carbocycles. The van der Waals surface area contributed by atoms with Crippen LogP contribution in [0.1, 0.15) is 63.8 Å². The lowest BCUT2D eigenvalue weighted by molar-refractivity contribution is 0.191. The fourth-order valence-electron chi connectivity index (χ4n) is 3.22. The first kappa shape index (κ1) is 13.6. The van der Waals surface area contributed by atoms with Gasteiger partial charge >= 0.3 is 0 Å². The second-order valence-corrected chi connectivity index (χ2v) is 6.65.